The third-order valence-electron chi connectivity index (χ3n) is 1.59. The molecule has 1 aromatic heterocycles. The molecule has 0 spiro atoms. The van der Waals surface area contributed by atoms with Gasteiger partial charge in [0, 0.05) is 0 Å². The predicted molar refractivity (Wildman–Crippen MR) is 45.8 cm³/mol. The number of aldehydes is 1. The Balaban J connectivity index is 3.31. The second-order valence-electron chi connectivity index (χ2n) is 2.48. The van der Waals surface area contributed by atoms with E-state index in [0.29, 0.717) is 0 Å². The summed E-state index contributed by atoms with van der Waals surface area (Å²) >= 11 is 5.35. The summed E-state index contributed by atoms with van der Waals surface area (Å²) in [6.45, 7) is 0. The Kier molecular flexibility index (Phi) is 3.35. The topological polar surface area (TPSA) is 50.2 Å². The highest BCUT2D eigenvalue weighted by atomic mass is 35.5. The molecule has 1 N–H and O–H groups in total. The van der Waals surface area contributed by atoms with Crippen LogP contribution in [0.3, 0.4) is 0 Å². The number of rotatable bonds is 3. The maximum Gasteiger partial charge on any atom is 0.280 e. The lowest BCUT2D eigenvalue weighted by molar-refractivity contribution is 0.111. The molecule has 14 heavy (non-hydrogen) atoms. The standard InChI is InChI=1S/C8H6ClF2NO2/c9-2-6-7(14)4(3-13)1-5(12-6)8(10)11/h1,3,8,14H,2H2. The van der Waals surface area contributed by atoms with Gasteiger partial charge in [-0.05, 0) is 6.07 Å². The molecule has 1 aromatic rings. The van der Waals surface area contributed by atoms with Crippen molar-refractivity contribution in [3.05, 3.63) is 23.0 Å². The Morgan fingerprint density at radius 2 is 2.29 bits per heavy atom. The van der Waals surface area contributed by atoms with Crippen LogP contribution in [0.5, 0.6) is 5.75 Å². The predicted octanol–water partition coefficient (Wildman–Crippen LogP) is 2.28. The number of hydrogen-bond donors (Lipinski definition) is 1. The highest BCUT2D eigenvalue weighted by Crippen LogP contribution is 2.26. The number of pyridine rings is 1. The fourth-order valence-corrected chi connectivity index (χ4v) is 1.12. The molecule has 0 radical (unpaired) electrons. The van der Waals surface area contributed by atoms with Crippen molar-refractivity contribution in [1.82, 2.24) is 4.98 Å². The molecule has 0 aliphatic heterocycles. The van der Waals surface area contributed by atoms with Crippen LogP contribution in [0.4, 0.5) is 8.78 Å². The number of alkyl halides is 3. The average Bonchev–Trinajstić information content (AvgIpc) is 2.17. The van der Waals surface area contributed by atoms with Crippen LogP contribution in [-0.2, 0) is 5.88 Å². The number of hydrogen-bond acceptors (Lipinski definition) is 3. The lowest BCUT2D eigenvalue weighted by Crippen LogP contribution is -1.98. The minimum atomic E-state index is -2.80. The van der Waals surface area contributed by atoms with Crippen LogP contribution in [0.2, 0.25) is 0 Å². The zero-order valence-corrected chi connectivity index (χ0v) is 7.63. The van der Waals surface area contributed by atoms with Crippen LogP contribution < -0.4 is 0 Å². The van der Waals surface area contributed by atoms with Gasteiger partial charge >= 0.3 is 0 Å². The largest absolute Gasteiger partial charge is 0.505 e. The summed E-state index contributed by atoms with van der Waals surface area (Å²) in [5.74, 6) is -0.674. The number of nitrogens with zero attached hydrogens (tertiary/aromatic N) is 1. The number of aromatic hydroxyl groups is 1. The Hall–Kier alpha value is -1.23. The van der Waals surface area contributed by atoms with Crippen LogP contribution in [0, 0.1) is 0 Å². The fraction of sp³-hybridized carbons (Fsp3) is 0.250. The molecule has 1 rings (SSSR count). The van der Waals surface area contributed by atoms with Crippen LogP contribution in [0.1, 0.15) is 28.2 Å². The molecule has 0 fully saturated rings. The molecule has 3 nitrogen and oxygen atoms in total. The van der Waals surface area contributed by atoms with E-state index in [2.05, 4.69) is 4.98 Å². The summed E-state index contributed by atoms with van der Waals surface area (Å²) in [5, 5.41) is 9.27. The summed E-state index contributed by atoms with van der Waals surface area (Å²) in [6, 6.07) is 0.836. The third-order valence-corrected chi connectivity index (χ3v) is 1.84. The van der Waals surface area contributed by atoms with Crippen molar-refractivity contribution < 1.29 is 18.7 Å². The summed E-state index contributed by atoms with van der Waals surface area (Å²) in [7, 11) is 0. The Labute approximate surface area is 83.3 Å². The minimum absolute atomic E-state index is 0.119. The smallest absolute Gasteiger partial charge is 0.280 e. The van der Waals surface area contributed by atoms with Crippen molar-refractivity contribution in [2.75, 3.05) is 0 Å². The third kappa shape index (κ3) is 1.98. The molecule has 0 amide bonds. The van der Waals surface area contributed by atoms with E-state index >= 15 is 0 Å². The van der Waals surface area contributed by atoms with Crippen molar-refractivity contribution in [2.24, 2.45) is 0 Å². The lowest BCUT2D eigenvalue weighted by Gasteiger charge is -2.06. The average molecular weight is 222 g/mol. The van der Waals surface area contributed by atoms with Crippen molar-refractivity contribution >= 4 is 17.9 Å². The van der Waals surface area contributed by atoms with E-state index in [1.807, 2.05) is 0 Å². The van der Waals surface area contributed by atoms with Gasteiger partial charge in [-0.25, -0.2) is 13.8 Å². The molecule has 0 saturated heterocycles. The van der Waals surface area contributed by atoms with Gasteiger partial charge in [-0.1, -0.05) is 0 Å². The number of halogens is 3. The molecule has 6 heteroatoms. The first-order chi connectivity index (χ1) is 6.60. The first-order valence-corrected chi connectivity index (χ1v) is 4.15. The monoisotopic (exact) mass is 221 g/mol. The van der Waals surface area contributed by atoms with E-state index in [1.54, 1.807) is 0 Å². The van der Waals surface area contributed by atoms with Gasteiger partial charge in [-0.15, -0.1) is 11.6 Å². The molecule has 0 aliphatic rings. The Bertz CT molecular complexity index is 357. The fourth-order valence-electron chi connectivity index (χ4n) is 0.930. The van der Waals surface area contributed by atoms with Gasteiger partial charge in [-0.3, -0.25) is 4.79 Å². The quantitative estimate of drug-likeness (QED) is 0.629. The molecule has 0 atom stereocenters. The maximum atomic E-state index is 12.2. The first-order valence-electron chi connectivity index (χ1n) is 3.62. The second-order valence-corrected chi connectivity index (χ2v) is 2.75. The van der Waals surface area contributed by atoms with Gasteiger partial charge in [0.2, 0.25) is 0 Å². The van der Waals surface area contributed by atoms with Crippen LogP contribution in [0.15, 0.2) is 6.07 Å². The molecule has 0 unspecified atom stereocenters. The zero-order chi connectivity index (χ0) is 10.7. The van der Waals surface area contributed by atoms with E-state index in [4.69, 9.17) is 11.6 Å². The van der Waals surface area contributed by atoms with E-state index in [1.165, 1.54) is 0 Å². The highest BCUT2D eigenvalue weighted by Gasteiger charge is 2.15. The molecule has 0 aliphatic carbocycles. The summed E-state index contributed by atoms with van der Waals surface area (Å²) in [6.07, 6.45) is -2.52. The van der Waals surface area contributed by atoms with E-state index in [-0.39, 0.29) is 23.4 Å². The van der Waals surface area contributed by atoms with Gasteiger partial charge in [-0.2, -0.15) is 0 Å². The van der Waals surface area contributed by atoms with Crippen molar-refractivity contribution in [1.29, 1.82) is 0 Å². The summed E-state index contributed by atoms with van der Waals surface area (Å²) in [5.41, 5.74) is -0.918. The minimum Gasteiger partial charge on any atom is -0.505 e. The number of aromatic nitrogens is 1. The molecule has 0 bridgehead atoms. The Morgan fingerprint density at radius 1 is 1.64 bits per heavy atom. The molecule has 1 heterocycles. The van der Waals surface area contributed by atoms with Crippen LogP contribution in [0.25, 0.3) is 0 Å². The highest BCUT2D eigenvalue weighted by molar-refractivity contribution is 6.17. The van der Waals surface area contributed by atoms with E-state index in [0.717, 1.165) is 6.07 Å². The van der Waals surface area contributed by atoms with E-state index in [9.17, 15) is 18.7 Å². The van der Waals surface area contributed by atoms with Gasteiger partial charge in [0.15, 0.2) is 6.29 Å². The van der Waals surface area contributed by atoms with Crippen molar-refractivity contribution in [3.63, 3.8) is 0 Å². The second kappa shape index (κ2) is 4.32. The molecular weight excluding hydrogens is 216 g/mol. The van der Waals surface area contributed by atoms with E-state index < -0.39 is 17.9 Å². The number of carbonyl (C=O) groups is 1. The first kappa shape index (κ1) is 10.8. The van der Waals surface area contributed by atoms with Gasteiger partial charge < -0.3 is 5.11 Å². The molecule has 76 valence electrons. The van der Waals surface area contributed by atoms with Crippen molar-refractivity contribution in [2.45, 2.75) is 12.3 Å². The van der Waals surface area contributed by atoms with Crippen LogP contribution in [-0.4, -0.2) is 16.4 Å². The summed E-state index contributed by atoms with van der Waals surface area (Å²) < 4.78 is 24.5. The normalized spacial score (nSPS) is 10.6. The van der Waals surface area contributed by atoms with Crippen LogP contribution >= 0.6 is 11.6 Å². The molecular formula is C8H6ClF2NO2. The van der Waals surface area contributed by atoms with Gasteiger partial charge in [0.25, 0.3) is 6.43 Å². The number of carbonyl (C=O) groups excluding carboxylic acids is 1. The van der Waals surface area contributed by atoms with Crippen molar-refractivity contribution in [3.8, 4) is 5.75 Å². The van der Waals surface area contributed by atoms with Gasteiger partial charge in [0.1, 0.15) is 11.4 Å². The van der Waals surface area contributed by atoms with Gasteiger partial charge in [0.05, 0.1) is 17.1 Å². The maximum absolute atomic E-state index is 12.2. The zero-order valence-electron chi connectivity index (χ0n) is 6.88. The summed E-state index contributed by atoms with van der Waals surface area (Å²) in [4.78, 5) is 13.8. The lowest BCUT2D eigenvalue weighted by atomic mass is 10.2. The molecule has 0 aromatic carbocycles. The Morgan fingerprint density at radius 3 is 2.71 bits per heavy atom. The SMILES string of the molecule is O=Cc1cc(C(F)F)nc(CCl)c1O. The molecule has 0 saturated carbocycles.